The van der Waals surface area contributed by atoms with E-state index in [0.717, 1.165) is 10.8 Å². The van der Waals surface area contributed by atoms with Crippen LogP contribution >= 0.6 is 0 Å². The molecule has 0 fully saturated rings. The van der Waals surface area contributed by atoms with Gasteiger partial charge in [0.15, 0.2) is 0 Å². The average molecular weight is 489 g/mol. The number of carbonyl (C=O) groups is 3. The lowest BCUT2D eigenvalue weighted by Gasteiger charge is -2.23. The first-order valence-electron chi connectivity index (χ1n) is 11.7. The molecule has 2 amide bonds. The molecule has 0 bridgehead atoms. The van der Waals surface area contributed by atoms with Gasteiger partial charge in [-0.05, 0) is 42.2 Å². The number of aliphatic carboxylic acids is 1. The maximum Gasteiger partial charge on any atom is 0.326 e. The molecule has 4 aromatic rings. The van der Waals surface area contributed by atoms with E-state index in [1.54, 1.807) is 24.3 Å². The Balaban J connectivity index is 1.55. The lowest BCUT2D eigenvalue weighted by atomic mass is 10.0. The molecule has 186 valence electrons. The van der Waals surface area contributed by atoms with Crippen molar-refractivity contribution in [2.45, 2.75) is 38.8 Å². The SMILES string of the molecule is CC(C)C[C@H](NC(=O)c1cccc2c1oc1ccccc12)C(=O)N[C@@H](Cc1ccc(O)cc1)C(=O)O. The summed E-state index contributed by atoms with van der Waals surface area (Å²) in [6.07, 6.45) is 0.348. The summed E-state index contributed by atoms with van der Waals surface area (Å²) < 4.78 is 5.94. The predicted molar refractivity (Wildman–Crippen MR) is 136 cm³/mol. The normalized spacial score (nSPS) is 13.0. The average Bonchev–Trinajstić information content (AvgIpc) is 3.23. The summed E-state index contributed by atoms with van der Waals surface area (Å²) in [4.78, 5) is 38.3. The molecule has 0 spiro atoms. The van der Waals surface area contributed by atoms with E-state index < -0.39 is 29.9 Å². The number of carboxylic acid groups (broad SMARTS) is 1. The first-order valence-corrected chi connectivity index (χ1v) is 11.7. The number of phenols is 1. The van der Waals surface area contributed by atoms with Crippen LogP contribution in [0.2, 0.25) is 0 Å². The number of benzene rings is 3. The van der Waals surface area contributed by atoms with E-state index in [-0.39, 0.29) is 18.1 Å². The van der Waals surface area contributed by atoms with E-state index in [0.29, 0.717) is 28.7 Å². The number of nitrogens with one attached hydrogen (secondary N) is 2. The lowest BCUT2D eigenvalue weighted by Crippen LogP contribution is -2.52. The molecule has 1 aromatic heterocycles. The van der Waals surface area contributed by atoms with E-state index >= 15 is 0 Å². The number of para-hydroxylation sites is 2. The number of carbonyl (C=O) groups excluding carboxylic acids is 2. The third-order valence-electron chi connectivity index (χ3n) is 5.97. The van der Waals surface area contributed by atoms with Crippen LogP contribution in [0.5, 0.6) is 5.75 Å². The van der Waals surface area contributed by atoms with Crippen molar-refractivity contribution in [3.05, 3.63) is 77.9 Å². The van der Waals surface area contributed by atoms with E-state index in [1.807, 2.05) is 44.2 Å². The van der Waals surface area contributed by atoms with Gasteiger partial charge < -0.3 is 25.3 Å². The summed E-state index contributed by atoms with van der Waals surface area (Å²) in [5, 5.41) is 26.2. The molecule has 8 heteroatoms. The Labute approximate surface area is 207 Å². The van der Waals surface area contributed by atoms with Gasteiger partial charge >= 0.3 is 5.97 Å². The summed E-state index contributed by atoms with van der Waals surface area (Å²) in [6, 6.07) is 16.7. The molecule has 0 aliphatic rings. The van der Waals surface area contributed by atoms with Crippen LogP contribution in [0, 0.1) is 5.92 Å². The highest BCUT2D eigenvalue weighted by Crippen LogP contribution is 2.30. The van der Waals surface area contributed by atoms with Gasteiger partial charge in [-0.25, -0.2) is 4.79 Å². The zero-order valence-electron chi connectivity index (χ0n) is 20.0. The molecule has 0 aliphatic heterocycles. The van der Waals surface area contributed by atoms with Crippen molar-refractivity contribution < 1.29 is 29.0 Å². The van der Waals surface area contributed by atoms with Gasteiger partial charge in [0.2, 0.25) is 5.91 Å². The Hall–Kier alpha value is -4.33. The van der Waals surface area contributed by atoms with Crippen LogP contribution in [0.1, 0.15) is 36.2 Å². The van der Waals surface area contributed by atoms with Crippen LogP contribution in [0.15, 0.2) is 71.1 Å². The second-order valence-electron chi connectivity index (χ2n) is 9.21. The zero-order valence-corrected chi connectivity index (χ0v) is 20.0. The standard InChI is InChI=1S/C28H28N2O6/c1-16(2)14-22(27(33)30-23(28(34)35)15-17-10-12-18(31)13-11-17)29-26(32)21-8-5-7-20-19-6-3-4-9-24(19)36-25(20)21/h3-13,16,22-23,31H,14-15H2,1-2H3,(H,29,32)(H,30,33)(H,34,35)/t22-,23-/m0/s1. The van der Waals surface area contributed by atoms with Crippen molar-refractivity contribution in [2.24, 2.45) is 5.92 Å². The Bertz CT molecular complexity index is 1410. The van der Waals surface area contributed by atoms with E-state index in [9.17, 15) is 24.6 Å². The minimum absolute atomic E-state index is 0.0298. The van der Waals surface area contributed by atoms with Crippen LogP contribution in [-0.4, -0.2) is 40.1 Å². The highest BCUT2D eigenvalue weighted by atomic mass is 16.4. The van der Waals surface area contributed by atoms with E-state index in [1.165, 1.54) is 12.1 Å². The molecule has 0 saturated carbocycles. The fourth-order valence-corrected chi connectivity index (χ4v) is 4.21. The van der Waals surface area contributed by atoms with Crippen LogP contribution in [0.25, 0.3) is 21.9 Å². The Morgan fingerprint density at radius 3 is 2.25 bits per heavy atom. The molecule has 4 rings (SSSR count). The van der Waals surface area contributed by atoms with Gasteiger partial charge in [-0.15, -0.1) is 0 Å². The number of fused-ring (bicyclic) bond motifs is 3. The molecular weight excluding hydrogens is 460 g/mol. The third kappa shape index (κ3) is 5.49. The third-order valence-corrected chi connectivity index (χ3v) is 5.97. The summed E-state index contributed by atoms with van der Waals surface area (Å²) in [6.45, 7) is 3.83. The molecule has 0 radical (unpaired) electrons. The topological polar surface area (TPSA) is 129 Å². The van der Waals surface area contributed by atoms with E-state index in [2.05, 4.69) is 10.6 Å². The minimum Gasteiger partial charge on any atom is -0.508 e. The number of phenolic OH excluding ortho intramolecular Hbond substituents is 1. The Morgan fingerprint density at radius 1 is 0.861 bits per heavy atom. The number of carboxylic acids is 1. The monoisotopic (exact) mass is 488 g/mol. The van der Waals surface area contributed by atoms with Crippen LogP contribution in [-0.2, 0) is 16.0 Å². The highest BCUT2D eigenvalue weighted by Gasteiger charge is 2.28. The molecule has 4 N–H and O–H groups in total. The fourth-order valence-electron chi connectivity index (χ4n) is 4.21. The molecule has 8 nitrogen and oxygen atoms in total. The molecule has 0 unspecified atom stereocenters. The van der Waals surface area contributed by atoms with Crippen molar-refractivity contribution in [2.75, 3.05) is 0 Å². The van der Waals surface area contributed by atoms with Gasteiger partial charge in [-0.3, -0.25) is 9.59 Å². The van der Waals surface area contributed by atoms with Gasteiger partial charge in [0.05, 0.1) is 5.56 Å². The van der Waals surface area contributed by atoms with Gasteiger partial charge in [0, 0.05) is 17.2 Å². The number of aromatic hydroxyl groups is 1. The van der Waals surface area contributed by atoms with Gasteiger partial charge in [0.1, 0.15) is 29.0 Å². The van der Waals surface area contributed by atoms with Crippen LogP contribution < -0.4 is 10.6 Å². The fraction of sp³-hybridized carbons (Fsp3) is 0.250. The first kappa shape index (κ1) is 24.8. The van der Waals surface area contributed by atoms with Crippen LogP contribution in [0.4, 0.5) is 0 Å². The van der Waals surface area contributed by atoms with Gasteiger partial charge in [-0.2, -0.15) is 0 Å². The number of amides is 2. The smallest absolute Gasteiger partial charge is 0.326 e. The summed E-state index contributed by atoms with van der Waals surface area (Å²) in [5.74, 6) is -2.14. The summed E-state index contributed by atoms with van der Waals surface area (Å²) in [5.41, 5.74) is 2.02. The van der Waals surface area contributed by atoms with Crippen molar-refractivity contribution in [1.29, 1.82) is 0 Å². The van der Waals surface area contributed by atoms with Crippen molar-refractivity contribution in [3.63, 3.8) is 0 Å². The second-order valence-corrected chi connectivity index (χ2v) is 9.21. The molecular formula is C28H28N2O6. The number of hydrogen-bond acceptors (Lipinski definition) is 5. The molecule has 36 heavy (non-hydrogen) atoms. The quantitative estimate of drug-likeness (QED) is 0.279. The number of rotatable bonds is 9. The Morgan fingerprint density at radius 2 is 1.56 bits per heavy atom. The molecule has 3 aromatic carbocycles. The van der Waals surface area contributed by atoms with Crippen molar-refractivity contribution in [1.82, 2.24) is 10.6 Å². The largest absolute Gasteiger partial charge is 0.508 e. The molecule has 0 saturated heterocycles. The molecule has 0 aliphatic carbocycles. The van der Waals surface area contributed by atoms with Gasteiger partial charge in [0.25, 0.3) is 5.91 Å². The van der Waals surface area contributed by atoms with Crippen molar-refractivity contribution >= 4 is 39.7 Å². The lowest BCUT2D eigenvalue weighted by molar-refractivity contribution is -0.142. The maximum absolute atomic E-state index is 13.3. The summed E-state index contributed by atoms with van der Waals surface area (Å²) >= 11 is 0. The predicted octanol–water partition coefficient (Wildman–Crippen LogP) is 4.25. The first-order chi connectivity index (χ1) is 17.2. The van der Waals surface area contributed by atoms with Crippen LogP contribution in [0.3, 0.4) is 0 Å². The maximum atomic E-state index is 13.3. The second kappa shape index (κ2) is 10.5. The van der Waals surface area contributed by atoms with Crippen molar-refractivity contribution in [3.8, 4) is 5.75 Å². The number of hydrogen-bond donors (Lipinski definition) is 4. The zero-order chi connectivity index (χ0) is 25.8. The van der Waals surface area contributed by atoms with Gasteiger partial charge in [-0.1, -0.05) is 56.3 Å². The number of furan rings is 1. The highest BCUT2D eigenvalue weighted by molar-refractivity contribution is 6.13. The minimum atomic E-state index is -1.20. The molecule has 2 atom stereocenters. The van der Waals surface area contributed by atoms with E-state index in [4.69, 9.17) is 4.42 Å². The summed E-state index contributed by atoms with van der Waals surface area (Å²) in [7, 11) is 0. The molecule has 1 heterocycles. The Kier molecular flexibility index (Phi) is 7.24.